The Labute approximate surface area is 145 Å². The number of hydrogen-bond acceptors (Lipinski definition) is 4. The van der Waals surface area contributed by atoms with Crippen LogP contribution in [-0.4, -0.2) is 36.3 Å². The molecule has 1 aliphatic heterocycles. The molecule has 1 fully saturated rings. The van der Waals surface area contributed by atoms with Crippen molar-refractivity contribution in [2.45, 2.75) is 25.4 Å². The summed E-state index contributed by atoms with van der Waals surface area (Å²) < 4.78 is 0. The van der Waals surface area contributed by atoms with Gasteiger partial charge < -0.3 is 10.6 Å². The van der Waals surface area contributed by atoms with Gasteiger partial charge in [0.2, 0.25) is 11.8 Å². The number of piperidine rings is 1. The zero-order chi connectivity index (χ0) is 17.1. The number of nitrogens with zero attached hydrogens (tertiary/aromatic N) is 2. The summed E-state index contributed by atoms with van der Waals surface area (Å²) in [6.45, 7) is 1.40. The van der Waals surface area contributed by atoms with Crippen LogP contribution in [0.2, 0.25) is 0 Å². The van der Waals surface area contributed by atoms with Crippen molar-refractivity contribution >= 4 is 28.8 Å². The van der Waals surface area contributed by atoms with Gasteiger partial charge in [-0.3, -0.25) is 14.5 Å². The molecule has 0 bridgehead atoms. The quantitative estimate of drug-likeness (QED) is 0.907. The van der Waals surface area contributed by atoms with Crippen molar-refractivity contribution in [1.29, 1.82) is 0 Å². The first-order valence-corrected chi connectivity index (χ1v) is 8.88. The summed E-state index contributed by atoms with van der Waals surface area (Å²) >= 11 is 1.50. The third-order valence-corrected chi connectivity index (χ3v) is 5.28. The first kappa shape index (κ1) is 16.7. The van der Waals surface area contributed by atoms with Crippen LogP contribution in [0.5, 0.6) is 0 Å². The molecule has 1 aromatic heterocycles. The number of para-hydroxylation sites is 1. The van der Waals surface area contributed by atoms with Gasteiger partial charge in [-0.25, -0.2) is 0 Å². The fourth-order valence-corrected chi connectivity index (χ4v) is 4.01. The molecule has 1 atom stereocenters. The lowest BCUT2D eigenvalue weighted by Crippen LogP contribution is -2.51. The van der Waals surface area contributed by atoms with Crippen molar-refractivity contribution in [2.75, 3.05) is 18.5 Å². The van der Waals surface area contributed by atoms with Gasteiger partial charge in [0, 0.05) is 29.0 Å². The summed E-state index contributed by atoms with van der Waals surface area (Å²) in [5, 5.41) is 1.77. The first-order valence-electron chi connectivity index (χ1n) is 8.00. The second kappa shape index (κ2) is 7.15. The molecule has 6 heteroatoms. The van der Waals surface area contributed by atoms with Crippen LogP contribution in [0.1, 0.15) is 28.1 Å². The van der Waals surface area contributed by atoms with Crippen molar-refractivity contribution < 1.29 is 9.59 Å². The van der Waals surface area contributed by atoms with Gasteiger partial charge in [0.05, 0.1) is 11.6 Å². The van der Waals surface area contributed by atoms with E-state index in [1.807, 2.05) is 48.3 Å². The maximum atomic E-state index is 12.9. The Hall–Kier alpha value is -2.18. The topological polar surface area (TPSA) is 66.6 Å². The molecular weight excluding hydrogens is 322 g/mol. The van der Waals surface area contributed by atoms with Crippen LogP contribution in [0.4, 0.5) is 5.69 Å². The number of benzene rings is 1. The first-order chi connectivity index (χ1) is 11.6. The van der Waals surface area contributed by atoms with E-state index in [2.05, 4.69) is 4.90 Å². The Morgan fingerprint density at radius 2 is 2.12 bits per heavy atom. The number of amides is 2. The van der Waals surface area contributed by atoms with Crippen molar-refractivity contribution in [3.05, 3.63) is 52.2 Å². The molecule has 0 unspecified atom stereocenters. The zero-order valence-corrected chi connectivity index (χ0v) is 14.5. The molecule has 0 radical (unpaired) electrons. The van der Waals surface area contributed by atoms with Crippen LogP contribution in [0.3, 0.4) is 0 Å². The highest BCUT2D eigenvalue weighted by Gasteiger charge is 2.32. The SMILES string of the molecule is CN(Cc1cc(C(N)=O)cs1)[C@H]1CCCN(c2ccccc2)C1=O. The number of carbonyl (C=O) groups is 2. The van der Waals surface area contributed by atoms with Gasteiger partial charge >= 0.3 is 0 Å². The number of anilines is 1. The minimum absolute atomic E-state index is 0.140. The van der Waals surface area contributed by atoms with Crippen LogP contribution in [-0.2, 0) is 11.3 Å². The van der Waals surface area contributed by atoms with Gasteiger partial charge in [-0.15, -0.1) is 11.3 Å². The molecule has 1 aromatic carbocycles. The molecule has 1 aliphatic rings. The van der Waals surface area contributed by atoms with Gasteiger partial charge in [-0.05, 0) is 38.1 Å². The molecule has 2 amide bonds. The van der Waals surface area contributed by atoms with E-state index in [1.54, 1.807) is 5.38 Å². The predicted molar refractivity (Wildman–Crippen MR) is 96.1 cm³/mol. The summed E-state index contributed by atoms with van der Waals surface area (Å²) in [7, 11) is 1.96. The number of rotatable bonds is 5. The minimum Gasteiger partial charge on any atom is -0.366 e. The normalized spacial score (nSPS) is 18.2. The standard InChI is InChI=1S/C18H21N3O2S/c1-20(11-15-10-13(12-24-15)17(19)22)16-8-5-9-21(18(16)23)14-6-3-2-4-7-14/h2-4,6-7,10,12,16H,5,8-9,11H2,1H3,(H2,19,22)/t16-/m0/s1. The van der Waals surface area contributed by atoms with Gasteiger partial charge in [0.15, 0.2) is 0 Å². The van der Waals surface area contributed by atoms with E-state index in [-0.39, 0.29) is 11.9 Å². The second-order valence-corrected chi connectivity index (χ2v) is 7.06. The van der Waals surface area contributed by atoms with Crippen LogP contribution < -0.4 is 10.6 Å². The van der Waals surface area contributed by atoms with Gasteiger partial charge in [0.1, 0.15) is 0 Å². The van der Waals surface area contributed by atoms with E-state index in [1.165, 1.54) is 11.3 Å². The smallest absolute Gasteiger partial charge is 0.249 e. The number of primary amides is 1. The molecule has 5 nitrogen and oxygen atoms in total. The fraction of sp³-hybridized carbons (Fsp3) is 0.333. The van der Waals surface area contributed by atoms with Gasteiger partial charge in [-0.2, -0.15) is 0 Å². The Bertz CT molecular complexity index is 729. The molecule has 2 N–H and O–H groups in total. The Morgan fingerprint density at radius 3 is 2.79 bits per heavy atom. The highest BCUT2D eigenvalue weighted by atomic mass is 32.1. The Kier molecular flexibility index (Phi) is 4.97. The molecule has 126 valence electrons. The van der Waals surface area contributed by atoms with Crippen molar-refractivity contribution in [2.24, 2.45) is 5.73 Å². The van der Waals surface area contributed by atoms with Crippen LogP contribution in [0, 0.1) is 0 Å². The van der Waals surface area contributed by atoms with E-state index in [4.69, 9.17) is 5.73 Å². The second-order valence-electron chi connectivity index (χ2n) is 6.06. The fourth-order valence-electron chi connectivity index (χ4n) is 3.08. The van der Waals surface area contributed by atoms with E-state index in [0.717, 1.165) is 30.0 Å². The van der Waals surface area contributed by atoms with Crippen LogP contribution in [0.15, 0.2) is 41.8 Å². The third-order valence-electron chi connectivity index (χ3n) is 4.35. The largest absolute Gasteiger partial charge is 0.366 e. The summed E-state index contributed by atoms with van der Waals surface area (Å²) in [5.74, 6) is -0.272. The van der Waals surface area contributed by atoms with E-state index >= 15 is 0 Å². The van der Waals surface area contributed by atoms with Crippen LogP contribution in [0.25, 0.3) is 0 Å². The lowest BCUT2D eigenvalue weighted by molar-refractivity contribution is -0.125. The predicted octanol–water partition coefficient (Wildman–Crippen LogP) is 2.47. The molecule has 24 heavy (non-hydrogen) atoms. The molecule has 2 aromatic rings. The summed E-state index contributed by atoms with van der Waals surface area (Å²) in [4.78, 5) is 29.1. The summed E-state index contributed by atoms with van der Waals surface area (Å²) in [6, 6.07) is 11.5. The molecule has 3 rings (SSSR count). The molecule has 0 aliphatic carbocycles. The summed E-state index contributed by atoms with van der Waals surface area (Å²) in [6.07, 6.45) is 1.83. The molecule has 1 saturated heterocycles. The number of nitrogens with two attached hydrogens (primary N) is 1. The van der Waals surface area contributed by atoms with Gasteiger partial charge in [0.25, 0.3) is 0 Å². The average Bonchev–Trinajstić information content (AvgIpc) is 3.04. The summed E-state index contributed by atoms with van der Waals surface area (Å²) in [5.41, 5.74) is 6.78. The maximum Gasteiger partial charge on any atom is 0.249 e. The lowest BCUT2D eigenvalue weighted by atomic mass is 10.0. The highest BCUT2D eigenvalue weighted by Crippen LogP contribution is 2.25. The van der Waals surface area contributed by atoms with Crippen LogP contribution >= 0.6 is 11.3 Å². The van der Waals surface area contributed by atoms with Gasteiger partial charge in [-0.1, -0.05) is 18.2 Å². The molecular formula is C18H21N3O2S. The number of carbonyl (C=O) groups excluding carboxylic acids is 2. The zero-order valence-electron chi connectivity index (χ0n) is 13.6. The van der Waals surface area contributed by atoms with E-state index in [9.17, 15) is 9.59 Å². The Balaban J connectivity index is 1.70. The number of hydrogen-bond donors (Lipinski definition) is 1. The third kappa shape index (κ3) is 3.49. The van der Waals surface area contributed by atoms with Crippen molar-refractivity contribution in [3.8, 4) is 0 Å². The maximum absolute atomic E-state index is 12.9. The molecule has 0 saturated carbocycles. The van der Waals surface area contributed by atoms with E-state index < -0.39 is 5.91 Å². The highest BCUT2D eigenvalue weighted by molar-refractivity contribution is 7.10. The van der Waals surface area contributed by atoms with E-state index in [0.29, 0.717) is 12.1 Å². The molecule has 2 heterocycles. The monoisotopic (exact) mass is 343 g/mol. The molecule has 0 spiro atoms. The lowest BCUT2D eigenvalue weighted by Gasteiger charge is -2.36. The van der Waals surface area contributed by atoms with Crippen molar-refractivity contribution in [3.63, 3.8) is 0 Å². The number of thiophene rings is 1. The van der Waals surface area contributed by atoms with Crippen molar-refractivity contribution in [1.82, 2.24) is 4.90 Å². The average molecular weight is 343 g/mol. The minimum atomic E-state index is -0.413. The number of likely N-dealkylation sites (N-methyl/N-ethyl adjacent to an activating group) is 1. The Morgan fingerprint density at radius 1 is 1.38 bits per heavy atom.